The monoisotopic (exact) mass is 459 g/mol. The Labute approximate surface area is 199 Å². The maximum absolute atomic E-state index is 13.6. The first-order chi connectivity index (χ1) is 16.5. The molecule has 1 N–H and O–H groups in total. The number of ether oxygens (including phenoxy) is 1. The molecule has 6 nitrogen and oxygen atoms in total. The smallest absolute Gasteiger partial charge is 0.321 e. The van der Waals surface area contributed by atoms with Gasteiger partial charge in [-0.25, -0.2) is 14.4 Å². The predicted octanol–water partition coefficient (Wildman–Crippen LogP) is 5.73. The fourth-order valence-corrected chi connectivity index (χ4v) is 4.34. The number of aromatic nitrogens is 2. The molecule has 3 aromatic rings. The molecular formula is C27H30FN5O. The first-order valence-corrected chi connectivity index (χ1v) is 11.5. The number of halogens is 1. The third-order valence-electron chi connectivity index (χ3n) is 5.89. The molecule has 1 aliphatic heterocycles. The molecule has 0 atom stereocenters. The Morgan fingerprint density at radius 3 is 2.44 bits per heavy atom. The summed E-state index contributed by atoms with van der Waals surface area (Å²) < 4.78 is 21.8. The third-order valence-corrected chi connectivity index (χ3v) is 5.89. The first kappa shape index (κ1) is 23.6. The summed E-state index contributed by atoms with van der Waals surface area (Å²) in [6, 6.07) is 12.8. The topological polar surface area (TPSA) is 63.8 Å². The second-order valence-electron chi connectivity index (χ2n) is 8.49. The van der Waals surface area contributed by atoms with E-state index in [9.17, 15) is 4.39 Å². The molecule has 2 heterocycles. The quantitative estimate of drug-likeness (QED) is 0.392. The lowest BCUT2D eigenvalue weighted by Gasteiger charge is -2.26. The number of allylic oxidation sites excluding steroid dienone is 1. The van der Waals surface area contributed by atoms with Crippen LogP contribution >= 0.6 is 0 Å². The summed E-state index contributed by atoms with van der Waals surface area (Å²) in [6.45, 7) is 11.5. The van der Waals surface area contributed by atoms with E-state index in [1.165, 1.54) is 12.1 Å². The molecule has 0 saturated carbocycles. The van der Waals surface area contributed by atoms with Crippen LogP contribution in [0.15, 0.2) is 64.9 Å². The number of aryl methyl sites for hydroxylation is 2. The van der Waals surface area contributed by atoms with Gasteiger partial charge >= 0.3 is 6.02 Å². The molecule has 0 unspecified atom stereocenters. The van der Waals surface area contributed by atoms with Crippen molar-refractivity contribution < 1.29 is 9.13 Å². The van der Waals surface area contributed by atoms with E-state index in [-0.39, 0.29) is 17.9 Å². The number of hydrogen-bond donors (Lipinski definition) is 1. The van der Waals surface area contributed by atoms with Gasteiger partial charge < -0.3 is 14.6 Å². The van der Waals surface area contributed by atoms with Crippen molar-refractivity contribution in [2.45, 2.75) is 39.7 Å². The van der Waals surface area contributed by atoms with E-state index >= 15 is 0 Å². The molecule has 4 rings (SSSR count). The van der Waals surface area contributed by atoms with E-state index in [1.54, 1.807) is 12.1 Å². The van der Waals surface area contributed by atoms with Crippen molar-refractivity contribution >= 4 is 18.4 Å². The molecule has 0 aliphatic carbocycles. The third kappa shape index (κ3) is 5.31. The molecule has 1 aliphatic rings. The SMILES string of the molecule is C=N/C(=N\C(=C/C)c1c(-c2ccc(F)cc2)ncn1C1CCNCC1)Oc1cc(C)cc(C)c1. The highest BCUT2D eigenvalue weighted by Crippen LogP contribution is 2.33. The predicted molar refractivity (Wildman–Crippen MR) is 136 cm³/mol. The van der Waals surface area contributed by atoms with E-state index in [0.717, 1.165) is 54.0 Å². The zero-order valence-corrected chi connectivity index (χ0v) is 19.9. The van der Waals surface area contributed by atoms with Gasteiger partial charge in [0.15, 0.2) is 0 Å². The van der Waals surface area contributed by atoms with Gasteiger partial charge in [0.1, 0.15) is 11.6 Å². The summed E-state index contributed by atoms with van der Waals surface area (Å²) in [7, 11) is 0. The molecule has 2 aromatic carbocycles. The van der Waals surface area contributed by atoms with Crippen LogP contribution in [0.25, 0.3) is 17.0 Å². The lowest BCUT2D eigenvalue weighted by Crippen LogP contribution is -2.29. The van der Waals surface area contributed by atoms with Crippen molar-refractivity contribution in [3.63, 3.8) is 0 Å². The number of imidazole rings is 1. The average Bonchev–Trinajstić information content (AvgIpc) is 3.27. The normalized spacial score (nSPS) is 15.4. The highest BCUT2D eigenvalue weighted by Gasteiger charge is 2.24. The maximum Gasteiger partial charge on any atom is 0.321 e. The van der Waals surface area contributed by atoms with Crippen LogP contribution in [0, 0.1) is 19.7 Å². The van der Waals surface area contributed by atoms with E-state index in [2.05, 4.69) is 27.7 Å². The second-order valence-corrected chi connectivity index (χ2v) is 8.49. The van der Waals surface area contributed by atoms with Crippen LogP contribution in [0.5, 0.6) is 5.75 Å². The molecule has 0 spiro atoms. The largest absolute Gasteiger partial charge is 0.424 e. The Morgan fingerprint density at radius 2 is 1.82 bits per heavy atom. The number of aliphatic imine (C=N–C) groups is 2. The number of rotatable bonds is 5. The van der Waals surface area contributed by atoms with Crippen molar-refractivity contribution in [2.75, 3.05) is 13.1 Å². The van der Waals surface area contributed by atoms with Crippen molar-refractivity contribution in [1.29, 1.82) is 0 Å². The van der Waals surface area contributed by atoms with Crippen LogP contribution in [0.3, 0.4) is 0 Å². The van der Waals surface area contributed by atoms with Crippen LogP contribution in [-0.2, 0) is 0 Å². The Kier molecular flexibility index (Phi) is 7.33. The summed E-state index contributed by atoms with van der Waals surface area (Å²) in [6.07, 6.45) is 5.74. The molecule has 34 heavy (non-hydrogen) atoms. The van der Waals surface area contributed by atoms with Crippen molar-refractivity contribution in [2.24, 2.45) is 9.98 Å². The van der Waals surface area contributed by atoms with Crippen molar-refractivity contribution in [3.05, 3.63) is 77.5 Å². The van der Waals surface area contributed by atoms with Gasteiger partial charge in [-0.3, -0.25) is 0 Å². The number of benzene rings is 2. The first-order valence-electron chi connectivity index (χ1n) is 11.5. The molecule has 176 valence electrons. The van der Waals surface area contributed by atoms with Crippen LogP contribution < -0.4 is 10.1 Å². The minimum Gasteiger partial charge on any atom is -0.424 e. The lowest BCUT2D eigenvalue weighted by molar-refractivity contribution is 0.366. The summed E-state index contributed by atoms with van der Waals surface area (Å²) >= 11 is 0. The van der Waals surface area contributed by atoms with E-state index < -0.39 is 0 Å². The number of hydrogen-bond acceptors (Lipinski definition) is 4. The molecule has 0 bridgehead atoms. The summed E-state index contributed by atoms with van der Waals surface area (Å²) in [5.74, 6) is 0.372. The number of nitrogens with one attached hydrogen (secondary N) is 1. The standard InChI is InChI=1S/C27H30FN5O/c1-5-24(32-27(29-4)34-23-15-18(2)14-19(3)16-23)26-25(20-6-8-21(28)9-7-20)31-17-33(26)22-10-12-30-13-11-22/h5-9,14-17,22,30H,4,10-13H2,1-3H3/b24-5-,32-27+. The second kappa shape index (κ2) is 10.6. The minimum atomic E-state index is -0.285. The molecule has 1 aromatic heterocycles. The maximum atomic E-state index is 13.6. The molecule has 0 amide bonds. The van der Waals surface area contributed by atoms with Gasteiger partial charge in [-0.2, -0.15) is 4.99 Å². The van der Waals surface area contributed by atoms with Gasteiger partial charge in [-0.05, 0) is 101 Å². The molecule has 1 saturated heterocycles. The Morgan fingerprint density at radius 1 is 1.15 bits per heavy atom. The van der Waals surface area contributed by atoms with Crippen LogP contribution in [0.1, 0.15) is 42.6 Å². The van der Waals surface area contributed by atoms with Gasteiger partial charge in [0.05, 0.1) is 23.4 Å². The van der Waals surface area contributed by atoms with Crippen molar-refractivity contribution in [3.8, 4) is 17.0 Å². The van der Waals surface area contributed by atoms with Crippen LogP contribution in [0.4, 0.5) is 4.39 Å². The molecule has 0 radical (unpaired) electrons. The average molecular weight is 460 g/mol. The zero-order chi connectivity index (χ0) is 24.1. The zero-order valence-electron chi connectivity index (χ0n) is 19.9. The van der Waals surface area contributed by atoms with Gasteiger partial charge in [0, 0.05) is 11.6 Å². The van der Waals surface area contributed by atoms with Gasteiger partial charge in [-0.1, -0.05) is 12.1 Å². The molecule has 1 fully saturated rings. The minimum absolute atomic E-state index is 0.154. The van der Waals surface area contributed by atoms with Gasteiger partial charge in [0.2, 0.25) is 0 Å². The summed E-state index contributed by atoms with van der Waals surface area (Å²) in [5.41, 5.74) is 5.26. The van der Waals surface area contributed by atoms with Crippen molar-refractivity contribution in [1.82, 2.24) is 14.9 Å². The summed E-state index contributed by atoms with van der Waals surface area (Å²) in [4.78, 5) is 13.5. The lowest BCUT2D eigenvalue weighted by atomic mass is 10.0. The fraction of sp³-hybridized carbons (Fsp3) is 0.296. The Bertz CT molecular complexity index is 1200. The fourth-order valence-electron chi connectivity index (χ4n) is 4.34. The van der Waals surface area contributed by atoms with E-state index in [4.69, 9.17) is 14.7 Å². The Hall–Kier alpha value is -3.58. The summed E-state index contributed by atoms with van der Waals surface area (Å²) in [5, 5.41) is 3.41. The molecular weight excluding hydrogens is 429 g/mol. The highest BCUT2D eigenvalue weighted by atomic mass is 19.1. The molecule has 7 heteroatoms. The Balaban J connectivity index is 1.77. The van der Waals surface area contributed by atoms with E-state index in [1.807, 2.05) is 45.3 Å². The number of nitrogens with zero attached hydrogens (tertiary/aromatic N) is 4. The number of piperidine rings is 1. The van der Waals surface area contributed by atoms with Gasteiger partial charge in [0.25, 0.3) is 0 Å². The van der Waals surface area contributed by atoms with Crippen LogP contribution in [-0.4, -0.2) is 35.4 Å². The van der Waals surface area contributed by atoms with Crippen LogP contribution in [0.2, 0.25) is 0 Å². The van der Waals surface area contributed by atoms with Gasteiger partial charge in [-0.15, -0.1) is 0 Å². The van der Waals surface area contributed by atoms with E-state index in [0.29, 0.717) is 11.4 Å². The number of amidine groups is 1. The highest BCUT2D eigenvalue weighted by molar-refractivity contribution is 5.88.